The highest BCUT2D eigenvalue weighted by molar-refractivity contribution is 7.98. The molecular weight excluding hydrogens is 246 g/mol. The molecule has 1 fully saturated rings. The third-order valence-corrected chi connectivity index (χ3v) is 4.16. The van der Waals surface area contributed by atoms with E-state index >= 15 is 0 Å². The molecule has 0 spiro atoms. The Kier molecular flexibility index (Phi) is 4.97. The summed E-state index contributed by atoms with van der Waals surface area (Å²) in [6.07, 6.45) is 7.81. The molecule has 4 nitrogen and oxygen atoms in total. The highest BCUT2D eigenvalue weighted by Crippen LogP contribution is 2.21. The van der Waals surface area contributed by atoms with E-state index in [1.54, 1.807) is 11.8 Å². The first-order chi connectivity index (χ1) is 8.69. The molecule has 0 amide bonds. The quantitative estimate of drug-likeness (QED) is 0.666. The fourth-order valence-corrected chi connectivity index (χ4v) is 2.70. The molecule has 0 aromatic carbocycles. The first-order valence-corrected chi connectivity index (χ1v) is 7.67. The lowest BCUT2D eigenvalue weighted by atomic mass is 9.92. The van der Waals surface area contributed by atoms with E-state index in [0.29, 0.717) is 5.92 Å². The maximum atomic E-state index is 9.57. The average molecular weight is 267 g/mol. The second-order valence-electron chi connectivity index (χ2n) is 4.93. The van der Waals surface area contributed by atoms with E-state index in [-0.39, 0.29) is 6.10 Å². The zero-order valence-electron chi connectivity index (χ0n) is 11.0. The van der Waals surface area contributed by atoms with Crippen molar-refractivity contribution in [1.29, 1.82) is 0 Å². The third kappa shape index (κ3) is 3.67. The molecule has 18 heavy (non-hydrogen) atoms. The number of aliphatic hydroxyl groups excluding tert-OH is 1. The van der Waals surface area contributed by atoms with Gasteiger partial charge in [0.25, 0.3) is 0 Å². The van der Waals surface area contributed by atoms with E-state index in [1.165, 1.54) is 5.56 Å². The number of hydrogen-bond donors (Lipinski definition) is 1. The minimum Gasteiger partial charge on any atom is -0.393 e. The summed E-state index contributed by atoms with van der Waals surface area (Å²) < 4.78 is 0. The Morgan fingerprint density at radius 2 is 2.00 bits per heavy atom. The number of likely N-dealkylation sites (tertiary alicyclic amines) is 1. The highest BCUT2D eigenvalue weighted by atomic mass is 32.2. The predicted molar refractivity (Wildman–Crippen MR) is 73.5 cm³/mol. The van der Waals surface area contributed by atoms with Crippen LogP contribution in [0.15, 0.2) is 17.6 Å². The number of piperidine rings is 1. The van der Waals surface area contributed by atoms with Crippen molar-refractivity contribution >= 4 is 11.8 Å². The number of aliphatic hydroxyl groups is 1. The number of nitrogens with zero attached hydrogens (tertiary/aromatic N) is 3. The standard InChI is InChI=1S/C13H21N3OS/c1-10(17)12-3-5-16(6-4-12)9-11-7-14-13(18-2)15-8-11/h7-8,10,12,17H,3-6,9H2,1-2H3/t10-/m1/s1. The van der Waals surface area contributed by atoms with Crippen LogP contribution in [0.3, 0.4) is 0 Å². The second-order valence-corrected chi connectivity index (χ2v) is 5.71. The van der Waals surface area contributed by atoms with Crippen LogP contribution < -0.4 is 0 Å². The molecule has 100 valence electrons. The van der Waals surface area contributed by atoms with Gasteiger partial charge in [-0.05, 0) is 45.0 Å². The van der Waals surface area contributed by atoms with Gasteiger partial charge in [-0.1, -0.05) is 11.8 Å². The Labute approximate surface area is 113 Å². The minimum atomic E-state index is -0.170. The van der Waals surface area contributed by atoms with Gasteiger partial charge < -0.3 is 5.11 Å². The van der Waals surface area contributed by atoms with E-state index in [9.17, 15) is 5.11 Å². The minimum absolute atomic E-state index is 0.170. The van der Waals surface area contributed by atoms with Crippen LogP contribution >= 0.6 is 11.8 Å². The number of hydrogen-bond acceptors (Lipinski definition) is 5. The number of rotatable bonds is 4. The van der Waals surface area contributed by atoms with E-state index in [4.69, 9.17) is 0 Å². The van der Waals surface area contributed by atoms with Gasteiger partial charge in [-0.25, -0.2) is 9.97 Å². The van der Waals surface area contributed by atoms with Crippen molar-refractivity contribution in [3.63, 3.8) is 0 Å². The first kappa shape index (κ1) is 13.8. The summed E-state index contributed by atoms with van der Waals surface area (Å²) in [4.78, 5) is 11.0. The van der Waals surface area contributed by atoms with Crippen LogP contribution in [0.1, 0.15) is 25.3 Å². The Hall–Kier alpha value is -0.650. The summed E-state index contributed by atoms with van der Waals surface area (Å²) in [5.41, 5.74) is 1.17. The summed E-state index contributed by atoms with van der Waals surface area (Å²) >= 11 is 1.56. The largest absolute Gasteiger partial charge is 0.393 e. The Bertz CT molecular complexity index is 361. The van der Waals surface area contributed by atoms with E-state index < -0.39 is 0 Å². The smallest absolute Gasteiger partial charge is 0.187 e. The normalized spacial score (nSPS) is 19.9. The molecule has 1 aliphatic heterocycles. The maximum Gasteiger partial charge on any atom is 0.187 e. The monoisotopic (exact) mass is 267 g/mol. The molecule has 2 rings (SSSR count). The van der Waals surface area contributed by atoms with Crippen molar-refractivity contribution in [2.75, 3.05) is 19.3 Å². The fourth-order valence-electron chi connectivity index (χ4n) is 2.38. The van der Waals surface area contributed by atoms with Crippen LogP contribution in [0.2, 0.25) is 0 Å². The third-order valence-electron chi connectivity index (χ3n) is 3.58. The summed E-state index contributed by atoms with van der Waals surface area (Å²) in [6.45, 7) is 4.93. The SMILES string of the molecule is CSc1ncc(CN2CCC([C@@H](C)O)CC2)cn1. The molecule has 1 atom stereocenters. The molecule has 0 aliphatic carbocycles. The van der Waals surface area contributed by atoms with Gasteiger partial charge in [0.1, 0.15) is 0 Å². The van der Waals surface area contributed by atoms with Gasteiger partial charge in [0.05, 0.1) is 6.10 Å². The van der Waals surface area contributed by atoms with Crippen LogP contribution in [-0.4, -0.2) is 45.4 Å². The second kappa shape index (κ2) is 6.50. The highest BCUT2D eigenvalue weighted by Gasteiger charge is 2.22. The molecule has 0 unspecified atom stereocenters. The zero-order valence-corrected chi connectivity index (χ0v) is 11.9. The molecule has 2 heterocycles. The van der Waals surface area contributed by atoms with Crippen molar-refractivity contribution in [2.24, 2.45) is 5.92 Å². The zero-order chi connectivity index (χ0) is 13.0. The van der Waals surface area contributed by atoms with Gasteiger partial charge in [-0.3, -0.25) is 4.90 Å². The Morgan fingerprint density at radius 3 is 2.50 bits per heavy atom. The topological polar surface area (TPSA) is 49.2 Å². The summed E-state index contributed by atoms with van der Waals surface area (Å²) in [6, 6.07) is 0. The summed E-state index contributed by atoms with van der Waals surface area (Å²) in [7, 11) is 0. The van der Waals surface area contributed by atoms with Crippen LogP contribution in [0.25, 0.3) is 0 Å². The molecule has 1 aliphatic rings. The van der Waals surface area contributed by atoms with Crippen molar-refractivity contribution in [3.05, 3.63) is 18.0 Å². The van der Waals surface area contributed by atoms with Crippen LogP contribution in [0, 0.1) is 5.92 Å². The van der Waals surface area contributed by atoms with Gasteiger partial charge in [0.2, 0.25) is 0 Å². The lowest BCUT2D eigenvalue weighted by Crippen LogP contribution is -2.36. The Morgan fingerprint density at radius 1 is 1.39 bits per heavy atom. The molecule has 1 N–H and O–H groups in total. The molecule has 5 heteroatoms. The van der Waals surface area contributed by atoms with Gasteiger partial charge in [-0.2, -0.15) is 0 Å². The summed E-state index contributed by atoms with van der Waals surface area (Å²) in [5.74, 6) is 0.469. The maximum absolute atomic E-state index is 9.57. The molecule has 0 radical (unpaired) electrons. The van der Waals surface area contributed by atoms with Gasteiger partial charge in [-0.15, -0.1) is 0 Å². The first-order valence-electron chi connectivity index (χ1n) is 6.44. The van der Waals surface area contributed by atoms with Crippen LogP contribution in [-0.2, 0) is 6.54 Å². The van der Waals surface area contributed by atoms with Crippen LogP contribution in [0.5, 0.6) is 0 Å². The van der Waals surface area contributed by atoms with Gasteiger partial charge in [0.15, 0.2) is 5.16 Å². The van der Waals surface area contributed by atoms with Crippen molar-refractivity contribution in [2.45, 2.75) is 37.6 Å². The van der Waals surface area contributed by atoms with Crippen molar-refractivity contribution < 1.29 is 5.11 Å². The Balaban J connectivity index is 1.83. The van der Waals surface area contributed by atoms with E-state index in [2.05, 4.69) is 14.9 Å². The molecule has 0 bridgehead atoms. The lowest BCUT2D eigenvalue weighted by molar-refractivity contribution is 0.0694. The van der Waals surface area contributed by atoms with Gasteiger partial charge >= 0.3 is 0 Å². The predicted octanol–water partition coefficient (Wildman–Crippen LogP) is 1.79. The molecule has 1 aromatic heterocycles. The molecule has 1 aromatic rings. The molecular formula is C13H21N3OS. The van der Waals surface area contributed by atoms with Crippen molar-refractivity contribution in [3.8, 4) is 0 Å². The van der Waals surface area contributed by atoms with E-state index in [1.807, 2.05) is 25.6 Å². The summed E-state index contributed by atoms with van der Waals surface area (Å²) in [5, 5.41) is 10.4. The lowest BCUT2D eigenvalue weighted by Gasteiger charge is -2.33. The van der Waals surface area contributed by atoms with Crippen LogP contribution in [0.4, 0.5) is 0 Å². The number of aromatic nitrogens is 2. The van der Waals surface area contributed by atoms with E-state index in [0.717, 1.165) is 37.6 Å². The average Bonchev–Trinajstić information content (AvgIpc) is 2.40. The fraction of sp³-hybridized carbons (Fsp3) is 0.692. The molecule has 1 saturated heterocycles. The van der Waals surface area contributed by atoms with Crippen molar-refractivity contribution in [1.82, 2.24) is 14.9 Å². The van der Waals surface area contributed by atoms with Gasteiger partial charge in [0, 0.05) is 24.5 Å². The molecule has 0 saturated carbocycles. The number of thioether (sulfide) groups is 1.